The molecule has 10 aromatic rings. The molecule has 73 heavy (non-hydrogen) atoms. The molecule has 0 radical (unpaired) electrons. The standard InChI is InChI=1S/C30H12N4S6.C12H5BrN2S2.C6H2S2.6CH3.2Sn/c1-33-17(15-31)11-19-3-5-21(35-19)23-7-9-25(37-23)27-13-29-30(39-27)14-28(40-29)26-10-8-24(38-26)22-6-4-20(36-22)12-18(16-32)34-2;1-15-8(7-14)6-9-2-3-10(16-9)11-4-5-12(13)17-11;1-3-7-6-2-4-8-5(1)6;;;;;;;;/h3-14H;2-6H;1-2H;6*1H3;;/b17-11-,18-12+;8-6-;;;;;;;;;. The maximum atomic E-state index is 9.01. The van der Waals surface area contributed by atoms with E-state index in [9.17, 15) is 0 Å². The molecule has 0 aliphatic carbocycles. The van der Waals surface area contributed by atoms with Crippen LogP contribution in [0.5, 0.6) is 0 Å². The average molecular weight is 1410 g/mol. The van der Waals surface area contributed by atoms with Crippen molar-refractivity contribution in [1.29, 1.82) is 15.8 Å². The molecule has 0 amide bonds. The molecule has 0 aliphatic heterocycles. The van der Waals surface area contributed by atoms with Crippen LogP contribution < -0.4 is 5.79 Å². The van der Waals surface area contributed by atoms with E-state index in [-0.39, 0.29) is 17.1 Å². The van der Waals surface area contributed by atoms with Gasteiger partial charge in [0.15, 0.2) is 0 Å². The molecule has 19 heteroatoms. The summed E-state index contributed by atoms with van der Waals surface area (Å²) in [7, 11) is 0. The number of thiophene rings is 10. The molecule has 10 heterocycles. The first-order chi connectivity index (χ1) is 35.0. The Morgan fingerprint density at radius 1 is 0.397 bits per heavy atom. The average Bonchev–Trinajstić information content (AvgIpc) is 4.18. The molecule has 0 fully saturated rings. The van der Waals surface area contributed by atoms with Gasteiger partial charge in [-0.05, 0) is 119 Å². The molecule has 0 saturated carbocycles. The zero-order valence-electron chi connectivity index (χ0n) is 39.6. The van der Waals surface area contributed by atoms with Crippen LogP contribution in [0.2, 0.25) is 29.6 Å². The van der Waals surface area contributed by atoms with Gasteiger partial charge in [0.2, 0.25) is 0 Å². The second kappa shape index (κ2) is 24.2. The molecule has 0 aliphatic rings. The van der Waals surface area contributed by atoms with Crippen LogP contribution in [0.1, 0.15) is 14.6 Å². The van der Waals surface area contributed by atoms with E-state index >= 15 is 0 Å². The van der Waals surface area contributed by atoms with Gasteiger partial charge in [-0.15, -0.1) is 90.7 Å². The minimum atomic E-state index is -1.82. The van der Waals surface area contributed by atoms with Crippen LogP contribution in [0.3, 0.4) is 0 Å². The van der Waals surface area contributed by atoms with Gasteiger partial charge in [0.05, 0.1) is 41.7 Å². The second-order valence-corrected chi connectivity index (χ2v) is 60.8. The molecule has 0 spiro atoms. The van der Waals surface area contributed by atoms with Gasteiger partial charge < -0.3 is 0 Å². The Morgan fingerprint density at radius 3 is 0.986 bits per heavy atom. The van der Waals surface area contributed by atoms with Gasteiger partial charge in [0, 0.05) is 72.8 Å². The molecule has 0 bridgehead atoms. The number of allylic oxidation sites excluding steroid dienone is 3. The molecule has 0 saturated heterocycles. The molecular weight excluding hydrogens is 1370 g/mol. The third-order valence-electron chi connectivity index (χ3n) is 10.3. The molecule has 6 nitrogen and oxygen atoms in total. The third kappa shape index (κ3) is 13.8. The van der Waals surface area contributed by atoms with E-state index in [1.165, 1.54) is 43.5 Å². The van der Waals surface area contributed by atoms with Crippen molar-refractivity contribution in [2.24, 2.45) is 0 Å². The van der Waals surface area contributed by atoms with Crippen molar-refractivity contribution < 1.29 is 0 Å². The Balaban J connectivity index is 0.000000176. The first-order valence-electron chi connectivity index (χ1n) is 21.8. The molecular formula is C54H37BrN6S10Sn2. The maximum absolute atomic E-state index is 9.01. The van der Waals surface area contributed by atoms with Gasteiger partial charge in [0.25, 0.3) is 17.1 Å². The topological polar surface area (TPSA) is 84.4 Å². The van der Waals surface area contributed by atoms with E-state index in [1.54, 1.807) is 124 Å². The monoisotopic (exact) mass is 1410 g/mol. The van der Waals surface area contributed by atoms with E-state index in [0.29, 0.717) is 0 Å². The normalized spacial score (nSPS) is 11.9. The van der Waals surface area contributed by atoms with Crippen molar-refractivity contribution >= 4 is 209 Å². The molecule has 0 aromatic carbocycles. The van der Waals surface area contributed by atoms with Crippen LogP contribution in [0.25, 0.3) is 100 Å². The second-order valence-electron chi connectivity index (χ2n) is 17.7. The Kier molecular flexibility index (Phi) is 18.2. The van der Waals surface area contributed by atoms with E-state index in [2.05, 4.69) is 131 Å². The Morgan fingerprint density at radius 2 is 0.685 bits per heavy atom. The first kappa shape index (κ1) is 55.0. The van der Waals surface area contributed by atoms with E-state index in [4.69, 9.17) is 35.5 Å². The SMILES string of the molecule is [C-]#[N+]/C(C#N)=C\c1ccc(-c2ccc(-c3cc4sc(-c5ccc(-c6ccc(/C=C(\C#N)[N+]#[C-])s6)s5)cc4s3)s2)s1.[C-]#[N+]/C(C#N)=C\c1ccc(-c2ccc(Br)s2)s1.[CH3][Sn]([CH3])([CH3])[c]1cc2s[c]([Sn]([CH3])([CH3])[CH3])cc2s1. The number of nitrogens with zero attached hydrogens (tertiary/aromatic N) is 6. The number of halogens is 1. The third-order valence-corrected chi connectivity index (χ3v) is 41.6. The molecule has 10 aromatic heterocycles. The summed E-state index contributed by atoms with van der Waals surface area (Å²) in [6, 6.07) is 39.9. The van der Waals surface area contributed by atoms with Crippen LogP contribution in [0.4, 0.5) is 0 Å². The fourth-order valence-electron chi connectivity index (χ4n) is 6.67. The predicted molar refractivity (Wildman–Crippen MR) is 335 cm³/mol. The zero-order chi connectivity index (χ0) is 52.0. The van der Waals surface area contributed by atoms with Crippen LogP contribution in [0.15, 0.2) is 118 Å². The van der Waals surface area contributed by atoms with Gasteiger partial charge in [-0.25, -0.2) is 30.3 Å². The van der Waals surface area contributed by atoms with Crippen molar-refractivity contribution in [1.82, 2.24) is 0 Å². The summed E-state index contributed by atoms with van der Waals surface area (Å²) in [5.74, 6) is 0. The van der Waals surface area contributed by atoms with E-state index in [0.717, 1.165) is 33.0 Å². The van der Waals surface area contributed by atoms with Gasteiger partial charge in [-0.3, -0.25) is 0 Å². The Bertz CT molecular complexity index is 3710. The summed E-state index contributed by atoms with van der Waals surface area (Å²) in [5, 5.41) is 26.7. The van der Waals surface area contributed by atoms with Gasteiger partial charge >= 0.3 is 116 Å². The van der Waals surface area contributed by atoms with Gasteiger partial charge in [0.1, 0.15) is 0 Å². The molecule has 0 unspecified atom stereocenters. The van der Waals surface area contributed by atoms with Crippen molar-refractivity contribution in [3.05, 3.63) is 167 Å². The number of nitriles is 3. The summed E-state index contributed by atoms with van der Waals surface area (Å²) in [6.07, 6.45) is 4.88. The van der Waals surface area contributed by atoms with E-state index < -0.39 is 36.8 Å². The quantitative estimate of drug-likeness (QED) is 0.0777. The molecule has 358 valence electrons. The van der Waals surface area contributed by atoms with Crippen LogP contribution >= 0.6 is 129 Å². The Labute approximate surface area is 481 Å². The number of fused-ring (bicyclic) bond motifs is 2. The summed E-state index contributed by atoms with van der Waals surface area (Å²) in [5.41, 5.74) is 0.308. The zero-order valence-corrected chi connectivity index (χ0v) is 55.1. The fourth-order valence-corrected chi connectivity index (χ4v) is 29.3. The summed E-state index contributed by atoms with van der Waals surface area (Å²) >= 11 is 17.5. The fraction of sp³-hybridized carbons (Fsp3) is 0.111. The van der Waals surface area contributed by atoms with Crippen molar-refractivity contribution in [3.8, 4) is 67.0 Å². The molecule has 0 N–H and O–H groups in total. The molecule has 10 rings (SSSR count). The minimum absolute atomic E-state index is 0.0956. The van der Waals surface area contributed by atoms with Gasteiger partial charge in [-0.1, -0.05) is 0 Å². The van der Waals surface area contributed by atoms with Crippen LogP contribution in [0, 0.1) is 53.7 Å². The summed E-state index contributed by atoms with van der Waals surface area (Å²) in [6.45, 7) is 21.0. The number of hydrogen-bond donors (Lipinski definition) is 0. The Hall–Kier alpha value is -4.24. The predicted octanol–water partition coefficient (Wildman–Crippen LogP) is 20.5. The van der Waals surface area contributed by atoms with Crippen LogP contribution in [-0.4, -0.2) is 36.8 Å². The van der Waals surface area contributed by atoms with Crippen molar-refractivity contribution in [2.75, 3.05) is 0 Å². The number of hydrogen-bond acceptors (Lipinski definition) is 13. The molecule has 0 atom stereocenters. The van der Waals surface area contributed by atoms with Crippen molar-refractivity contribution in [2.45, 2.75) is 29.6 Å². The van der Waals surface area contributed by atoms with E-state index in [1.807, 2.05) is 66.7 Å². The van der Waals surface area contributed by atoms with Crippen molar-refractivity contribution in [3.63, 3.8) is 0 Å². The first-order valence-corrected chi connectivity index (χ1v) is 50.7. The summed E-state index contributed by atoms with van der Waals surface area (Å²) < 4.78 is 10.2. The van der Waals surface area contributed by atoms with Crippen LogP contribution in [-0.2, 0) is 0 Å². The van der Waals surface area contributed by atoms with Gasteiger partial charge in [-0.2, -0.15) is 0 Å². The summed E-state index contributed by atoms with van der Waals surface area (Å²) in [4.78, 5) is 39.3. The number of rotatable bonds is 10.